The summed E-state index contributed by atoms with van der Waals surface area (Å²) in [6.45, 7) is 0. The molecular formula is C15H15NO. The van der Waals surface area contributed by atoms with Crippen LogP contribution in [-0.4, -0.2) is 5.78 Å². The second kappa shape index (κ2) is 5.30. The number of carbonyl (C=O) groups excluding carboxylic acids is 1. The Bertz CT molecular complexity index is 488. The summed E-state index contributed by atoms with van der Waals surface area (Å²) in [5.74, 6) is 0.183. The lowest BCUT2D eigenvalue weighted by atomic mass is 10.0. The van der Waals surface area contributed by atoms with Crippen molar-refractivity contribution in [2.45, 2.75) is 12.8 Å². The Kier molecular flexibility index (Phi) is 3.55. The standard InChI is InChI=1S/C15H15NO/c16-14-9-6-12(7-10-14)8-11-15(17)13-4-2-1-3-5-13/h1-7,9-10H,8,11,16H2. The van der Waals surface area contributed by atoms with Crippen molar-refractivity contribution in [3.63, 3.8) is 0 Å². The zero-order valence-corrected chi connectivity index (χ0v) is 9.60. The number of anilines is 1. The normalized spacial score (nSPS) is 10.1. The molecule has 0 amide bonds. The maximum Gasteiger partial charge on any atom is 0.163 e. The molecule has 0 unspecified atom stereocenters. The van der Waals surface area contributed by atoms with Gasteiger partial charge in [0.05, 0.1) is 0 Å². The first kappa shape index (κ1) is 11.4. The number of nitrogens with two attached hydrogens (primary N) is 1. The van der Waals surface area contributed by atoms with Gasteiger partial charge in [-0.2, -0.15) is 0 Å². The molecule has 0 aliphatic carbocycles. The molecule has 0 aliphatic rings. The van der Waals surface area contributed by atoms with Gasteiger partial charge in [-0.05, 0) is 24.1 Å². The Balaban J connectivity index is 1.95. The van der Waals surface area contributed by atoms with Crippen LogP contribution in [0.1, 0.15) is 22.3 Å². The highest BCUT2D eigenvalue weighted by Crippen LogP contribution is 2.10. The number of rotatable bonds is 4. The van der Waals surface area contributed by atoms with Gasteiger partial charge in [0.25, 0.3) is 0 Å². The highest BCUT2D eigenvalue weighted by molar-refractivity contribution is 5.96. The highest BCUT2D eigenvalue weighted by atomic mass is 16.1. The van der Waals surface area contributed by atoms with E-state index in [-0.39, 0.29) is 5.78 Å². The largest absolute Gasteiger partial charge is 0.399 e. The van der Waals surface area contributed by atoms with Crippen molar-refractivity contribution in [3.8, 4) is 0 Å². The number of carbonyl (C=O) groups is 1. The minimum Gasteiger partial charge on any atom is -0.399 e. The molecule has 2 heteroatoms. The van der Waals surface area contributed by atoms with Crippen LogP contribution in [0, 0.1) is 0 Å². The van der Waals surface area contributed by atoms with Crippen LogP contribution in [-0.2, 0) is 6.42 Å². The van der Waals surface area contributed by atoms with Crippen molar-refractivity contribution in [1.82, 2.24) is 0 Å². The van der Waals surface area contributed by atoms with E-state index < -0.39 is 0 Å². The fourth-order valence-corrected chi connectivity index (χ4v) is 1.71. The Labute approximate surface area is 101 Å². The van der Waals surface area contributed by atoms with E-state index in [1.807, 2.05) is 54.6 Å². The summed E-state index contributed by atoms with van der Waals surface area (Å²) in [6.07, 6.45) is 1.29. The van der Waals surface area contributed by atoms with Crippen LogP contribution in [0.3, 0.4) is 0 Å². The average molecular weight is 225 g/mol. The van der Waals surface area contributed by atoms with Crippen LogP contribution in [0.2, 0.25) is 0 Å². The van der Waals surface area contributed by atoms with Crippen molar-refractivity contribution in [2.24, 2.45) is 0 Å². The molecule has 0 saturated carbocycles. The van der Waals surface area contributed by atoms with Gasteiger partial charge in [0, 0.05) is 17.7 Å². The number of nitrogen functional groups attached to an aromatic ring is 1. The van der Waals surface area contributed by atoms with Crippen molar-refractivity contribution in [1.29, 1.82) is 0 Å². The van der Waals surface area contributed by atoms with Gasteiger partial charge in [0.2, 0.25) is 0 Å². The number of Topliss-reactive ketones (excluding diaryl/α,β-unsaturated/α-hetero) is 1. The van der Waals surface area contributed by atoms with Gasteiger partial charge in [-0.3, -0.25) is 4.79 Å². The van der Waals surface area contributed by atoms with Crippen LogP contribution in [0.5, 0.6) is 0 Å². The first-order chi connectivity index (χ1) is 8.25. The third kappa shape index (κ3) is 3.18. The number of ketones is 1. The summed E-state index contributed by atoms with van der Waals surface area (Å²) >= 11 is 0. The minimum absolute atomic E-state index is 0.183. The molecule has 0 aromatic heterocycles. The van der Waals surface area contributed by atoms with E-state index in [0.29, 0.717) is 6.42 Å². The van der Waals surface area contributed by atoms with Gasteiger partial charge in [-0.15, -0.1) is 0 Å². The molecule has 86 valence electrons. The van der Waals surface area contributed by atoms with Crippen LogP contribution in [0.25, 0.3) is 0 Å². The third-order valence-corrected chi connectivity index (χ3v) is 2.72. The molecule has 0 aliphatic heterocycles. The smallest absolute Gasteiger partial charge is 0.163 e. The van der Waals surface area contributed by atoms with Crippen LogP contribution in [0.15, 0.2) is 54.6 Å². The molecule has 0 bridgehead atoms. The highest BCUT2D eigenvalue weighted by Gasteiger charge is 2.04. The topological polar surface area (TPSA) is 43.1 Å². The molecule has 0 fully saturated rings. The van der Waals surface area contributed by atoms with E-state index in [0.717, 1.165) is 23.2 Å². The zero-order chi connectivity index (χ0) is 12.1. The Hall–Kier alpha value is -2.09. The van der Waals surface area contributed by atoms with Crippen LogP contribution in [0.4, 0.5) is 5.69 Å². The van der Waals surface area contributed by atoms with E-state index >= 15 is 0 Å². The average Bonchev–Trinajstić information content (AvgIpc) is 2.39. The van der Waals surface area contributed by atoms with E-state index in [1.165, 1.54) is 0 Å². The molecule has 17 heavy (non-hydrogen) atoms. The first-order valence-corrected chi connectivity index (χ1v) is 5.68. The lowest BCUT2D eigenvalue weighted by Crippen LogP contribution is -2.00. The van der Waals surface area contributed by atoms with Gasteiger partial charge in [-0.1, -0.05) is 42.5 Å². The van der Waals surface area contributed by atoms with Gasteiger partial charge >= 0.3 is 0 Å². The number of hydrogen-bond donors (Lipinski definition) is 1. The molecular weight excluding hydrogens is 210 g/mol. The second-order valence-electron chi connectivity index (χ2n) is 4.03. The zero-order valence-electron chi connectivity index (χ0n) is 9.60. The quantitative estimate of drug-likeness (QED) is 0.642. The van der Waals surface area contributed by atoms with Crippen LogP contribution >= 0.6 is 0 Å². The summed E-state index contributed by atoms with van der Waals surface area (Å²) in [6, 6.07) is 17.0. The maximum absolute atomic E-state index is 11.9. The lowest BCUT2D eigenvalue weighted by molar-refractivity contribution is 0.0983. The molecule has 0 atom stereocenters. The molecule has 2 aromatic rings. The van der Waals surface area contributed by atoms with Gasteiger partial charge in [-0.25, -0.2) is 0 Å². The molecule has 2 rings (SSSR count). The molecule has 2 nitrogen and oxygen atoms in total. The van der Waals surface area contributed by atoms with Crippen molar-refractivity contribution in [2.75, 3.05) is 5.73 Å². The Morgan fingerprint density at radius 1 is 0.941 bits per heavy atom. The van der Waals surface area contributed by atoms with Crippen molar-refractivity contribution in [3.05, 3.63) is 65.7 Å². The fraction of sp³-hybridized carbons (Fsp3) is 0.133. The Morgan fingerprint density at radius 2 is 1.59 bits per heavy atom. The van der Waals surface area contributed by atoms with Crippen LogP contribution < -0.4 is 5.73 Å². The van der Waals surface area contributed by atoms with E-state index in [2.05, 4.69) is 0 Å². The molecule has 0 saturated heterocycles. The third-order valence-electron chi connectivity index (χ3n) is 2.72. The monoisotopic (exact) mass is 225 g/mol. The maximum atomic E-state index is 11.9. The van der Waals surface area contributed by atoms with E-state index in [1.54, 1.807) is 0 Å². The summed E-state index contributed by atoms with van der Waals surface area (Å²) in [4.78, 5) is 11.9. The number of hydrogen-bond acceptors (Lipinski definition) is 2. The predicted octanol–water partition coefficient (Wildman–Crippen LogP) is 3.08. The van der Waals surface area contributed by atoms with E-state index in [4.69, 9.17) is 5.73 Å². The summed E-state index contributed by atoms with van der Waals surface area (Å²) in [5, 5.41) is 0. The molecule has 0 spiro atoms. The summed E-state index contributed by atoms with van der Waals surface area (Å²) in [5.41, 5.74) is 8.28. The van der Waals surface area contributed by atoms with Gasteiger partial charge in [0.15, 0.2) is 5.78 Å². The summed E-state index contributed by atoms with van der Waals surface area (Å²) < 4.78 is 0. The number of aryl methyl sites for hydroxylation is 1. The fourth-order valence-electron chi connectivity index (χ4n) is 1.71. The molecule has 2 N–H and O–H groups in total. The molecule has 0 radical (unpaired) electrons. The molecule has 2 aromatic carbocycles. The molecule has 0 heterocycles. The van der Waals surface area contributed by atoms with Crippen molar-refractivity contribution >= 4 is 11.5 Å². The van der Waals surface area contributed by atoms with Gasteiger partial charge < -0.3 is 5.73 Å². The van der Waals surface area contributed by atoms with Gasteiger partial charge in [0.1, 0.15) is 0 Å². The van der Waals surface area contributed by atoms with E-state index in [9.17, 15) is 4.79 Å². The van der Waals surface area contributed by atoms with Crippen molar-refractivity contribution < 1.29 is 4.79 Å². The SMILES string of the molecule is Nc1ccc(CCC(=O)c2ccccc2)cc1. The summed E-state index contributed by atoms with van der Waals surface area (Å²) in [7, 11) is 0. The second-order valence-corrected chi connectivity index (χ2v) is 4.03. The minimum atomic E-state index is 0.183. The lowest BCUT2D eigenvalue weighted by Gasteiger charge is -2.02. The number of benzene rings is 2. The first-order valence-electron chi connectivity index (χ1n) is 5.68. The predicted molar refractivity (Wildman–Crippen MR) is 69.9 cm³/mol. The Morgan fingerprint density at radius 3 is 2.24 bits per heavy atom.